The monoisotopic (exact) mass is 194 g/mol. The van der Waals surface area contributed by atoms with Gasteiger partial charge in [-0.3, -0.25) is 0 Å². The van der Waals surface area contributed by atoms with E-state index in [4.69, 9.17) is 0 Å². The molecule has 0 fully saturated rings. The quantitative estimate of drug-likeness (QED) is 0.558. The third-order valence-corrected chi connectivity index (χ3v) is 3.32. The molecule has 0 spiro atoms. The van der Waals surface area contributed by atoms with Gasteiger partial charge in [-0.1, -0.05) is 48.1 Å². The molecule has 0 rings (SSSR count). The second-order valence-electron chi connectivity index (χ2n) is 5.48. The lowest BCUT2D eigenvalue weighted by Gasteiger charge is -2.36. The molecule has 0 aromatic carbocycles. The van der Waals surface area contributed by atoms with Crippen molar-refractivity contribution >= 4 is 0 Å². The molecule has 82 valence electrons. The van der Waals surface area contributed by atoms with Gasteiger partial charge in [-0.05, 0) is 35.7 Å². The average molecular weight is 194 g/mol. The second-order valence-corrected chi connectivity index (χ2v) is 5.48. The Labute approximate surface area is 90.1 Å². The number of allylic oxidation sites excluding steroid dienone is 1. The molecule has 0 bridgehead atoms. The van der Waals surface area contributed by atoms with Crippen LogP contribution in [0.25, 0.3) is 0 Å². The van der Waals surface area contributed by atoms with Crippen molar-refractivity contribution in [3.05, 3.63) is 18.4 Å². The third kappa shape index (κ3) is 3.72. The Kier molecular flexibility index (Phi) is 5.23. The molecular weight excluding hydrogens is 168 g/mol. The first-order valence-electron chi connectivity index (χ1n) is 5.70. The van der Waals surface area contributed by atoms with E-state index in [-0.39, 0.29) is 5.41 Å². The standard InChI is InChI=1S/C14H26/c1-8-9-14(7,10-11(2)3)13(6)12(4)5/h9,11-13H,1,10H2,2-7H3. The van der Waals surface area contributed by atoms with E-state index in [0.29, 0.717) is 11.8 Å². The minimum absolute atomic E-state index is 0.254. The molecule has 14 heavy (non-hydrogen) atoms. The van der Waals surface area contributed by atoms with Gasteiger partial charge in [-0.25, -0.2) is 0 Å². The molecule has 2 atom stereocenters. The second kappa shape index (κ2) is 5.41. The lowest BCUT2D eigenvalue weighted by Crippen LogP contribution is -2.28. The molecule has 2 unspecified atom stereocenters. The van der Waals surface area contributed by atoms with Crippen LogP contribution >= 0.6 is 0 Å². The van der Waals surface area contributed by atoms with Gasteiger partial charge < -0.3 is 0 Å². The van der Waals surface area contributed by atoms with E-state index in [1.165, 1.54) is 6.42 Å². The average Bonchev–Trinajstić information content (AvgIpc) is 2.01. The van der Waals surface area contributed by atoms with Gasteiger partial charge in [0, 0.05) is 0 Å². The molecule has 0 aromatic heterocycles. The van der Waals surface area contributed by atoms with Crippen molar-refractivity contribution in [2.24, 2.45) is 23.2 Å². The zero-order valence-electron chi connectivity index (χ0n) is 10.7. The van der Waals surface area contributed by atoms with Crippen LogP contribution in [0.15, 0.2) is 18.4 Å². The first-order valence-corrected chi connectivity index (χ1v) is 5.70. The Morgan fingerprint density at radius 1 is 1.21 bits per heavy atom. The van der Waals surface area contributed by atoms with Crippen molar-refractivity contribution < 1.29 is 0 Å². The van der Waals surface area contributed by atoms with Crippen LogP contribution in [0.1, 0.15) is 48.0 Å². The molecular formula is C14H26. The molecule has 0 aliphatic carbocycles. The predicted octanol–water partition coefficient (Wildman–Crippen LogP) is 4.67. The summed E-state index contributed by atoms with van der Waals surface area (Å²) in [6, 6.07) is 0. The van der Waals surface area contributed by atoms with Crippen LogP contribution in [0.2, 0.25) is 0 Å². The summed E-state index contributed by atoms with van der Waals surface area (Å²) in [5.41, 5.74) is 3.23. The van der Waals surface area contributed by atoms with Crippen LogP contribution < -0.4 is 0 Å². The highest BCUT2D eigenvalue weighted by Crippen LogP contribution is 2.39. The Hall–Kier alpha value is -0.480. The van der Waals surface area contributed by atoms with Gasteiger partial charge in [-0.2, -0.15) is 0 Å². The van der Waals surface area contributed by atoms with E-state index >= 15 is 0 Å². The summed E-state index contributed by atoms with van der Waals surface area (Å²) < 4.78 is 0. The SMILES string of the molecule is C=C=CC(C)(CC(C)C)C(C)C(C)C. The van der Waals surface area contributed by atoms with Crippen LogP contribution in [-0.4, -0.2) is 0 Å². The van der Waals surface area contributed by atoms with Gasteiger partial charge in [0.05, 0.1) is 0 Å². The summed E-state index contributed by atoms with van der Waals surface area (Å²) in [6.45, 7) is 17.5. The Balaban J connectivity index is 4.78. The summed E-state index contributed by atoms with van der Waals surface area (Å²) >= 11 is 0. The van der Waals surface area contributed by atoms with E-state index in [1.807, 2.05) is 0 Å². The summed E-state index contributed by atoms with van der Waals surface area (Å²) in [4.78, 5) is 0. The molecule has 0 amide bonds. The van der Waals surface area contributed by atoms with Gasteiger partial charge in [-0.15, -0.1) is 5.73 Å². The van der Waals surface area contributed by atoms with E-state index in [2.05, 4.69) is 59.9 Å². The van der Waals surface area contributed by atoms with E-state index < -0.39 is 0 Å². The highest BCUT2D eigenvalue weighted by atomic mass is 14.3. The van der Waals surface area contributed by atoms with Gasteiger partial charge in [0.25, 0.3) is 0 Å². The molecule has 0 aromatic rings. The molecule has 0 radical (unpaired) electrons. The molecule has 0 N–H and O–H groups in total. The maximum atomic E-state index is 3.71. The summed E-state index contributed by atoms with van der Waals surface area (Å²) in [7, 11) is 0. The van der Waals surface area contributed by atoms with Crippen LogP contribution in [0.5, 0.6) is 0 Å². The zero-order chi connectivity index (χ0) is 11.4. The van der Waals surface area contributed by atoms with Gasteiger partial charge in [0.15, 0.2) is 0 Å². The normalized spacial score (nSPS) is 17.7. The highest BCUT2D eigenvalue weighted by Gasteiger charge is 2.31. The van der Waals surface area contributed by atoms with Crippen molar-refractivity contribution in [3.63, 3.8) is 0 Å². The molecule has 0 saturated carbocycles. The van der Waals surface area contributed by atoms with Crippen LogP contribution in [0.4, 0.5) is 0 Å². The molecule has 0 heterocycles. The van der Waals surface area contributed by atoms with E-state index in [1.54, 1.807) is 0 Å². The Bertz CT molecular complexity index is 206. The van der Waals surface area contributed by atoms with Crippen LogP contribution in [0, 0.1) is 23.2 Å². The lowest BCUT2D eigenvalue weighted by molar-refractivity contribution is 0.175. The first kappa shape index (κ1) is 13.5. The molecule has 0 nitrogen and oxygen atoms in total. The fourth-order valence-electron chi connectivity index (χ4n) is 2.25. The predicted molar refractivity (Wildman–Crippen MR) is 65.3 cm³/mol. The number of hydrogen-bond acceptors (Lipinski definition) is 0. The molecule has 0 aliphatic heterocycles. The third-order valence-electron chi connectivity index (χ3n) is 3.32. The van der Waals surface area contributed by atoms with Crippen molar-refractivity contribution in [1.29, 1.82) is 0 Å². The largest absolute Gasteiger partial charge is 0.132 e. The number of rotatable bonds is 5. The van der Waals surface area contributed by atoms with Gasteiger partial charge >= 0.3 is 0 Å². The maximum Gasteiger partial charge on any atom is -0.00405 e. The fourth-order valence-corrected chi connectivity index (χ4v) is 2.25. The zero-order valence-corrected chi connectivity index (χ0v) is 10.7. The summed E-state index contributed by atoms with van der Waals surface area (Å²) in [5.74, 6) is 2.12. The molecule has 0 heteroatoms. The minimum Gasteiger partial charge on any atom is -0.132 e. The topological polar surface area (TPSA) is 0 Å². The van der Waals surface area contributed by atoms with Gasteiger partial charge in [0.2, 0.25) is 0 Å². The first-order chi connectivity index (χ1) is 6.33. The molecule has 0 saturated heterocycles. The van der Waals surface area contributed by atoms with Crippen molar-refractivity contribution in [1.82, 2.24) is 0 Å². The Morgan fingerprint density at radius 2 is 1.71 bits per heavy atom. The maximum absolute atomic E-state index is 3.71. The molecule has 0 aliphatic rings. The van der Waals surface area contributed by atoms with Crippen molar-refractivity contribution in [2.75, 3.05) is 0 Å². The van der Waals surface area contributed by atoms with E-state index in [9.17, 15) is 0 Å². The van der Waals surface area contributed by atoms with Crippen molar-refractivity contribution in [2.45, 2.75) is 48.0 Å². The van der Waals surface area contributed by atoms with Crippen LogP contribution in [-0.2, 0) is 0 Å². The van der Waals surface area contributed by atoms with Gasteiger partial charge in [0.1, 0.15) is 0 Å². The number of hydrogen-bond donors (Lipinski definition) is 0. The smallest absolute Gasteiger partial charge is 0.00405 e. The lowest BCUT2D eigenvalue weighted by atomic mass is 9.68. The van der Waals surface area contributed by atoms with E-state index in [0.717, 1.165) is 5.92 Å². The summed E-state index contributed by atoms with van der Waals surface area (Å²) in [5, 5.41) is 0. The highest BCUT2D eigenvalue weighted by molar-refractivity contribution is 4.99. The Morgan fingerprint density at radius 3 is 2.00 bits per heavy atom. The fraction of sp³-hybridized carbons (Fsp3) is 0.786. The van der Waals surface area contributed by atoms with Crippen molar-refractivity contribution in [3.8, 4) is 0 Å². The minimum atomic E-state index is 0.254. The van der Waals surface area contributed by atoms with Crippen LogP contribution in [0.3, 0.4) is 0 Å². The summed E-state index contributed by atoms with van der Waals surface area (Å²) in [6.07, 6.45) is 3.38.